The van der Waals surface area contributed by atoms with Gasteiger partial charge < -0.3 is 10.1 Å². The number of ether oxygens (including phenoxy) is 1. The van der Waals surface area contributed by atoms with Gasteiger partial charge >= 0.3 is 0 Å². The first-order valence-corrected chi connectivity index (χ1v) is 15.4. The topological polar surface area (TPSA) is 27.5 Å². The Balaban J connectivity index is 1.33. The van der Waals surface area contributed by atoms with Crippen molar-refractivity contribution in [3.05, 3.63) is 94.6 Å². The third kappa shape index (κ3) is 6.50. The van der Waals surface area contributed by atoms with E-state index in [9.17, 15) is 8.78 Å². The van der Waals surface area contributed by atoms with Crippen LogP contribution in [0.4, 0.5) is 23.2 Å². The molecule has 0 amide bonds. The number of halogens is 4. The van der Waals surface area contributed by atoms with Gasteiger partial charge in [-0.15, -0.1) is 0 Å². The van der Waals surface area contributed by atoms with Gasteiger partial charge in [-0.3, -0.25) is 4.90 Å². The average Bonchev–Trinajstić information content (AvgIpc) is 3.22. The molecule has 1 spiro atoms. The van der Waals surface area contributed by atoms with Crippen LogP contribution in [0.5, 0.6) is 5.75 Å². The highest BCUT2D eigenvalue weighted by Crippen LogP contribution is 2.43. The van der Waals surface area contributed by atoms with Crippen LogP contribution in [0.15, 0.2) is 60.7 Å². The molecule has 2 unspecified atom stereocenters. The third-order valence-electron chi connectivity index (χ3n) is 9.51. The Labute approximate surface area is 251 Å². The van der Waals surface area contributed by atoms with E-state index in [0.717, 1.165) is 62.9 Å². The molecule has 3 atom stereocenters. The van der Waals surface area contributed by atoms with E-state index in [4.69, 9.17) is 4.74 Å². The number of alkyl halides is 2. The van der Waals surface area contributed by atoms with Crippen LogP contribution in [0, 0.1) is 17.0 Å². The van der Waals surface area contributed by atoms with Crippen LogP contribution >= 0.6 is 0 Å². The second-order valence-corrected chi connectivity index (χ2v) is 12.5. The van der Waals surface area contributed by atoms with Crippen molar-refractivity contribution >= 4 is 11.9 Å². The van der Waals surface area contributed by atoms with Crippen molar-refractivity contribution in [1.82, 2.24) is 10.2 Å². The lowest BCUT2D eigenvalue weighted by Gasteiger charge is -2.42. The van der Waals surface area contributed by atoms with Gasteiger partial charge in [0.1, 0.15) is 30.2 Å². The summed E-state index contributed by atoms with van der Waals surface area (Å²) >= 11 is 0. The van der Waals surface area contributed by atoms with E-state index in [1.165, 1.54) is 12.1 Å². The molecule has 1 fully saturated rings. The van der Waals surface area contributed by atoms with Crippen molar-refractivity contribution in [1.29, 1.82) is 0 Å². The molecular formula is C35H40F4N3O+. The van der Waals surface area contributed by atoms with Crippen LogP contribution in [0.1, 0.15) is 67.3 Å². The van der Waals surface area contributed by atoms with Crippen LogP contribution in [-0.4, -0.2) is 54.3 Å². The molecule has 0 aromatic heterocycles. The zero-order valence-corrected chi connectivity index (χ0v) is 24.7. The summed E-state index contributed by atoms with van der Waals surface area (Å²) in [6.45, 7) is 4.32. The lowest BCUT2D eigenvalue weighted by atomic mass is 9.75. The van der Waals surface area contributed by atoms with Gasteiger partial charge in [-0.2, -0.15) is 0 Å². The molecule has 3 aromatic carbocycles. The zero-order chi connectivity index (χ0) is 30.0. The molecule has 0 saturated carbocycles. The van der Waals surface area contributed by atoms with Crippen molar-refractivity contribution in [3.8, 4) is 5.75 Å². The van der Waals surface area contributed by atoms with Crippen molar-refractivity contribution in [2.75, 3.05) is 26.2 Å². The molecular weight excluding hydrogens is 554 g/mol. The van der Waals surface area contributed by atoms with E-state index in [2.05, 4.69) is 5.32 Å². The number of hydrogen-bond donors (Lipinski definition) is 1. The highest BCUT2D eigenvalue weighted by atomic mass is 19.3. The van der Waals surface area contributed by atoms with E-state index in [1.54, 1.807) is 17.0 Å². The van der Waals surface area contributed by atoms with Crippen molar-refractivity contribution in [2.45, 2.75) is 70.6 Å². The molecule has 0 radical (unpaired) electrons. The molecule has 8 heteroatoms. The first-order valence-electron chi connectivity index (χ1n) is 15.4. The number of nitrogens with one attached hydrogen (secondary N) is 1. The fourth-order valence-corrected chi connectivity index (χ4v) is 7.32. The Hall–Kier alpha value is -3.23. The van der Waals surface area contributed by atoms with Gasteiger partial charge in [-0.1, -0.05) is 36.4 Å². The fraction of sp³-hybridized carbons (Fsp3) is 0.457. The summed E-state index contributed by atoms with van der Waals surface area (Å²) in [6, 6.07) is 16.7. The number of rotatable bonds is 7. The van der Waals surface area contributed by atoms with Gasteiger partial charge in [0.05, 0.1) is 12.6 Å². The fourth-order valence-electron chi connectivity index (χ4n) is 7.32. The smallest absolute Gasteiger partial charge is 0.251 e. The van der Waals surface area contributed by atoms with Gasteiger partial charge in [-0.25, -0.2) is 22.1 Å². The zero-order valence-electron chi connectivity index (χ0n) is 24.7. The third-order valence-corrected chi connectivity index (χ3v) is 9.51. The molecule has 6 rings (SSSR count). The summed E-state index contributed by atoms with van der Waals surface area (Å²) < 4.78 is 68.0. The summed E-state index contributed by atoms with van der Waals surface area (Å²) in [5.41, 5.74) is 2.92. The summed E-state index contributed by atoms with van der Waals surface area (Å²) in [5.74, 6) is -0.783. The SMILES string of the molecule is C[C@@H]1Cc2cc(OCc3ccccc3)ccc2C(c2c(F)cc([N+]3=CCCC4(CCCNCC4)C3)cc2F)N1CC(F)F. The van der Waals surface area contributed by atoms with Gasteiger partial charge in [0.15, 0.2) is 6.54 Å². The summed E-state index contributed by atoms with van der Waals surface area (Å²) in [6.07, 6.45) is 5.02. The Morgan fingerprint density at radius 2 is 1.79 bits per heavy atom. The summed E-state index contributed by atoms with van der Waals surface area (Å²) in [5, 5.41) is 3.47. The molecule has 43 heavy (non-hydrogen) atoms. The molecule has 1 N–H and O–H groups in total. The highest BCUT2D eigenvalue weighted by Gasteiger charge is 2.41. The van der Waals surface area contributed by atoms with E-state index >= 15 is 8.78 Å². The van der Waals surface area contributed by atoms with Crippen molar-refractivity contribution in [2.24, 2.45) is 5.41 Å². The second-order valence-electron chi connectivity index (χ2n) is 12.5. The van der Waals surface area contributed by atoms with Crippen LogP contribution in [0.25, 0.3) is 0 Å². The standard InChI is InChI=1S/C35H40F4N3O/c1-24-17-26-18-28(43-22-25-7-3-2-4-8-25)9-10-29(26)34(42(24)21-32(38)39)33-30(36)19-27(20-31(33)37)41-16-6-12-35(23-41)11-5-14-40-15-13-35/h2-4,7-10,16,18-20,24,32,34,40H,5-6,11-15,17,21-23H2,1H3/q+1/t24-,34?,35?/m1/s1. The molecule has 3 aromatic rings. The Kier molecular flexibility index (Phi) is 8.87. The predicted molar refractivity (Wildman–Crippen MR) is 161 cm³/mol. The van der Waals surface area contributed by atoms with E-state index < -0.39 is 30.6 Å². The maximum Gasteiger partial charge on any atom is 0.251 e. The minimum Gasteiger partial charge on any atom is -0.489 e. The lowest BCUT2D eigenvalue weighted by Crippen LogP contribution is -2.45. The largest absolute Gasteiger partial charge is 0.489 e. The first kappa shape index (κ1) is 29.8. The molecule has 3 heterocycles. The average molecular weight is 595 g/mol. The molecule has 3 aliphatic rings. The van der Waals surface area contributed by atoms with Crippen LogP contribution < -0.4 is 10.1 Å². The number of benzene rings is 3. The Bertz CT molecular complexity index is 1430. The molecule has 4 nitrogen and oxygen atoms in total. The Morgan fingerprint density at radius 3 is 2.56 bits per heavy atom. The van der Waals surface area contributed by atoms with Crippen molar-refractivity contribution < 1.29 is 26.9 Å². The maximum absolute atomic E-state index is 16.1. The van der Waals surface area contributed by atoms with Gasteiger partial charge in [0.25, 0.3) is 6.43 Å². The summed E-state index contributed by atoms with van der Waals surface area (Å²) in [7, 11) is 0. The van der Waals surface area contributed by atoms with Crippen LogP contribution in [-0.2, 0) is 13.0 Å². The number of nitrogens with zero attached hydrogens (tertiary/aromatic N) is 2. The van der Waals surface area contributed by atoms with Crippen molar-refractivity contribution in [3.63, 3.8) is 0 Å². The van der Waals surface area contributed by atoms with Gasteiger partial charge in [-0.05, 0) is 80.9 Å². The number of fused-ring (bicyclic) bond motifs is 1. The molecule has 0 aliphatic carbocycles. The molecule has 1 saturated heterocycles. The van der Waals surface area contributed by atoms with Crippen LogP contribution in [0.3, 0.4) is 0 Å². The van der Waals surface area contributed by atoms with E-state index in [-0.39, 0.29) is 17.0 Å². The van der Waals surface area contributed by atoms with Gasteiger partial charge in [0.2, 0.25) is 5.69 Å². The predicted octanol–water partition coefficient (Wildman–Crippen LogP) is 7.41. The molecule has 228 valence electrons. The maximum atomic E-state index is 16.1. The minimum absolute atomic E-state index is 0.121. The van der Waals surface area contributed by atoms with E-state index in [0.29, 0.717) is 30.0 Å². The van der Waals surface area contributed by atoms with Crippen LogP contribution in [0.2, 0.25) is 0 Å². The molecule has 0 bridgehead atoms. The minimum atomic E-state index is -2.64. The van der Waals surface area contributed by atoms with Gasteiger partial charge in [0, 0.05) is 35.6 Å². The molecule has 3 aliphatic heterocycles. The summed E-state index contributed by atoms with van der Waals surface area (Å²) in [4.78, 5) is 1.54. The highest BCUT2D eigenvalue weighted by molar-refractivity contribution is 5.56. The van der Waals surface area contributed by atoms with E-state index in [1.807, 2.05) is 54.1 Å². The first-order chi connectivity index (χ1) is 20.8. The quantitative estimate of drug-likeness (QED) is 0.228. The monoisotopic (exact) mass is 594 g/mol. The second kappa shape index (κ2) is 12.8. The lowest BCUT2D eigenvalue weighted by molar-refractivity contribution is -0.464. The normalized spacial score (nSPS) is 24.5. The Morgan fingerprint density at radius 1 is 1.00 bits per heavy atom. The number of hydrogen-bond acceptors (Lipinski definition) is 3.